The first-order chi connectivity index (χ1) is 8.56. The van der Waals surface area contributed by atoms with E-state index in [1.807, 2.05) is 18.2 Å². The van der Waals surface area contributed by atoms with Crippen molar-refractivity contribution in [3.63, 3.8) is 0 Å². The summed E-state index contributed by atoms with van der Waals surface area (Å²) in [6, 6.07) is 5.71. The van der Waals surface area contributed by atoms with Crippen LogP contribution in [-0.2, 0) is 4.74 Å². The predicted molar refractivity (Wildman–Crippen MR) is 73.9 cm³/mol. The van der Waals surface area contributed by atoms with Crippen LogP contribution in [0.3, 0.4) is 0 Å². The van der Waals surface area contributed by atoms with Crippen LogP contribution in [0.15, 0.2) is 18.2 Å². The number of rotatable bonds is 4. The molecule has 18 heavy (non-hydrogen) atoms. The summed E-state index contributed by atoms with van der Waals surface area (Å²) >= 11 is 6.27. The zero-order valence-electron chi connectivity index (χ0n) is 10.9. The second-order valence-corrected chi connectivity index (χ2v) is 5.01. The van der Waals surface area contributed by atoms with Gasteiger partial charge in [0.2, 0.25) is 0 Å². The zero-order valence-corrected chi connectivity index (χ0v) is 11.6. The third-order valence-electron chi connectivity index (χ3n) is 2.88. The molecule has 0 amide bonds. The van der Waals surface area contributed by atoms with Crippen molar-refractivity contribution in [3.8, 4) is 0 Å². The topological polar surface area (TPSA) is 53.1 Å². The number of methoxy groups -OCH3 is 1. The molecule has 1 aromatic carbocycles. The minimum atomic E-state index is -0.249. The van der Waals surface area contributed by atoms with Crippen molar-refractivity contribution in [2.24, 2.45) is 5.73 Å². The summed E-state index contributed by atoms with van der Waals surface area (Å²) in [6.45, 7) is 4.62. The van der Waals surface area contributed by atoms with E-state index in [2.05, 4.69) is 23.4 Å². The van der Waals surface area contributed by atoms with Gasteiger partial charge in [0.05, 0.1) is 28.7 Å². The molecule has 4 nitrogen and oxygen atoms in total. The lowest BCUT2D eigenvalue weighted by atomic mass is 10.2. The van der Waals surface area contributed by atoms with Crippen molar-refractivity contribution in [1.82, 2.24) is 9.55 Å². The fraction of sp³-hybridized carbons (Fsp3) is 0.462. The van der Waals surface area contributed by atoms with Crippen molar-refractivity contribution in [2.45, 2.75) is 25.9 Å². The third kappa shape index (κ3) is 2.23. The van der Waals surface area contributed by atoms with Crippen molar-refractivity contribution < 1.29 is 4.74 Å². The molecule has 1 unspecified atom stereocenters. The highest BCUT2D eigenvalue weighted by Crippen LogP contribution is 2.29. The molecule has 2 N–H and O–H groups in total. The van der Waals surface area contributed by atoms with Gasteiger partial charge in [-0.1, -0.05) is 17.7 Å². The zero-order chi connectivity index (χ0) is 13.3. The van der Waals surface area contributed by atoms with E-state index in [9.17, 15) is 0 Å². The molecule has 1 heterocycles. The van der Waals surface area contributed by atoms with Gasteiger partial charge in [-0.25, -0.2) is 4.98 Å². The van der Waals surface area contributed by atoms with Gasteiger partial charge in [-0.2, -0.15) is 0 Å². The summed E-state index contributed by atoms with van der Waals surface area (Å²) in [4.78, 5) is 4.59. The van der Waals surface area contributed by atoms with Gasteiger partial charge in [-0.15, -0.1) is 0 Å². The number of nitrogens with two attached hydrogens (primary N) is 1. The van der Waals surface area contributed by atoms with E-state index in [1.54, 1.807) is 7.11 Å². The number of hydrogen-bond donors (Lipinski definition) is 1. The lowest BCUT2D eigenvalue weighted by Crippen LogP contribution is -2.22. The lowest BCUT2D eigenvalue weighted by molar-refractivity contribution is 0.176. The number of imidazole rings is 1. The number of nitrogens with zero attached hydrogens (tertiary/aromatic N) is 2. The Morgan fingerprint density at radius 2 is 2.17 bits per heavy atom. The Morgan fingerprint density at radius 3 is 2.78 bits per heavy atom. The number of fused-ring (bicyclic) bond motifs is 1. The van der Waals surface area contributed by atoms with Crippen LogP contribution in [0.25, 0.3) is 11.0 Å². The van der Waals surface area contributed by atoms with Crippen LogP contribution in [0.4, 0.5) is 0 Å². The highest BCUT2D eigenvalue weighted by Gasteiger charge is 2.20. The number of hydrogen-bond acceptors (Lipinski definition) is 3. The Labute approximate surface area is 112 Å². The molecule has 98 valence electrons. The first-order valence-electron chi connectivity index (χ1n) is 5.97. The SMILES string of the molecule is COCC(N)c1nc2cccc(Cl)c2n1C(C)C. The number of ether oxygens (including phenoxy) is 1. The van der Waals surface area contributed by atoms with Gasteiger partial charge in [0, 0.05) is 13.2 Å². The molecule has 0 aliphatic rings. The van der Waals surface area contributed by atoms with E-state index in [4.69, 9.17) is 22.1 Å². The summed E-state index contributed by atoms with van der Waals surface area (Å²) in [5, 5.41) is 0.699. The quantitative estimate of drug-likeness (QED) is 0.927. The summed E-state index contributed by atoms with van der Waals surface area (Å²) in [7, 11) is 1.63. The number of para-hydroxylation sites is 1. The van der Waals surface area contributed by atoms with Crippen LogP contribution < -0.4 is 5.73 Å². The molecular formula is C13H18ClN3O. The van der Waals surface area contributed by atoms with E-state index < -0.39 is 0 Å². The van der Waals surface area contributed by atoms with Gasteiger partial charge in [0.25, 0.3) is 0 Å². The second kappa shape index (κ2) is 5.26. The molecular weight excluding hydrogens is 250 g/mol. The molecule has 0 spiro atoms. The maximum atomic E-state index is 6.27. The van der Waals surface area contributed by atoms with Gasteiger partial charge in [-0.3, -0.25) is 0 Å². The highest BCUT2D eigenvalue weighted by molar-refractivity contribution is 6.35. The maximum absolute atomic E-state index is 6.27. The molecule has 0 saturated heterocycles. The van der Waals surface area contributed by atoms with Gasteiger partial charge in [0.15, 0.2) is 0 Å². The van der Waals surface area contributed by atoms with E-state index in [0.29, 0.717) is 11.6 Å². The average molecular weight is 268 g/mol. The fourth-order valence-electron chi connectivity index (χ4n) is 2.16. The van der Waals surface area contributed by atoms with Gasteiger partial charge in [-0.05, 0) is 26.0 Å². The molecule has 1 aromatic heterocycles. The van der Waals surface area contributed by atoms with Crippen molar-refractivity contribution in [2.75, 3.05) is 13.7 Å². The smallest absolute Gasteiger partial charge is 0.129 e. The fourth-order valence-corrected chi connectivity index (χ4v) is 2.42. The Kier molecular flexibility index (Phi) is 3.90. The average Bonchev–Trinajstić information content (AvgIpc) is 2.70. The largest absolute Gasteiger partial charge is 0.383 e. The van der Waals surface area contributed by atoms with Crippen LogP contribution in [0.2, 0.25) is 5.02 Å². The maximum Gasteiger partial charge on any atom is 0.129 e. The molecule has 0 bridgehead atoms. The number of aromatic nitrogens is 2. The van der Waals surface area contributed by atoms with Crippen LogP contribution in [0, 0.1) is 0 Å². The van der Waals surface area contributed by atoms with E-state index in [-0.39, 0.29) is 12.1 Å². The van der Waals surface area contributed by atoms with E-state index >= 15 is 0 Å². The Balaban J connectivity index is 2.66. The predicted octanol–water partition coefficient (Wildman–Crippen LogP) is 2.92. The molecule has 0 saturated carbocycles. The molecule has 2 rings (SSSR count). The monoisotopic (exact) mass is 267 g/mol. The van der Waals surface area contributed by atoms with Crippen molar-refractivity contribution in [1.29, 1.82) is 0 Å². The summed E-state index contributed by atoms with van der Waals surface area (Å²) in [5.41, 5.74) is 7.92. The molecule has 0 aliphatic carbocycles. The molecule has 0 radical (unpaired) electrons. The van der Waals surface area contributed by atoms with Gasteiger partial charge < -0.3 is 15.0 Å². The lowest BCUT2D eigenvalue weighted by Gasteiger charge is -2.17. The minimum Gasteiger partial charge on any atom is -0.383 e. The first-order valence-corrected chi connectivity index (χ1v) is 6.35. The molecule has 0 aliphatic heterocycles. The standard InChI is InChI=1S/C13H18ClN3O/c1-8(2)17-12-9(14)5-4-6-11(12)16-13(17)10(15)7-18-3/h4-6,8,10H,7,15H2,1-3H3. The van der Waals surface area contributed by atoms with Crippen LogP contribution in [0.1, 0.15) is 31.8 Å². The Morgan fingerprint density at radius 1 is 1.44 bits per heavy atom. The van der Waals surface area contributed by atoms with E-state index in [0.717, 1.165) is 16.9 Å². The normalized spacial score (nSPS) is 13.4. The van der Waals surface area contributed by atoms with E-state index in [1.165, 1.54) is 0 Å². The third-order valence-corrected chi connectivity index (χ3v) is 3.19. The van der Waals surface area contributed by atoms with Crippen LogP contribution >= 0.6 is 11.6 Å². The number of halogens is 1. The molecule has 2 aromatic rings. The Bertz CT molecular complexity index is 550. The molecule has 1 atom stereocenters. The molecule has 0 fully saturated rings. The first kappa shape index (κ1) is 13.3. The summed E-state index contributed by atoms with van der Waals surface area (Å²) in [6.07, 6.45) is 0. The minimum absolute atomic E-state index is 0.243. The van der Waals surface area contributed by atoms with Crippen molar-refractivity contribution >= 4 is 22.6 Å². The van der Waals surface area contributed by atoms with Gasteiger partial charge >= 0.3 is 0 Å². The van der Waals surface area contributed by atoms with Crippen LogP contribution in [0.5, 0.6) is 0 Å². The second-order valence-electron chi connectivity index (χ2n) is 4.60. The van der Waals surface area contributed by atoms with Crippen molar-refractivity contribution in [3.05, 3.63) is 29.0 Å². The summed E-state index contributed by atoms with van der Waals surface area (Å²) < 4.78 is 7.19. The summed E-state index contributed by atoms with van der Waals surface area (Å²) in [5.74, 6) is 0.815. The van der Waals surface area contributed by atoms with Crippen LogP contribution in [-0.4, -0.2) is 23.3 Å². The number of benzene rings is 1. The molecule has 5 heteroatoms. The Hall–Kier alpha value is -1.10. The van der Waals surface area contributed by atoms with Gasteiger partial charge in [0.1, 0.15) is 5.82 Å². The highest BCUT2D eigenvalue weighted by atomic mass is 35.5.